The van der Waals surface area contributed by atoms with Gasteiger partial charge in [0.1, 0.15) is 5.75 Å². The number of rotatable bonds is 5. The first-order valence-corrected chi connectivity index (χ1v) is 8.31. The topological polar surface area (TPSA) is 82.6 Å². The standard InChI is InChI=1S/C19H23N3O3/c1-25-17-8-7-15(14-5-3-2-4-6-14)11-16(17)22-18(23)21-13-19(24)9-10-20-12-19/h2-8,11,20,24H,9-10,12-13H2,1H3,(H2,21,22,23)/t19-/m0/s1. The van der Waals surface area contributed by atoms with Crippen LogP contribution in [0.5, 0.6) is 5.75 Å². The Labute approximate surface area is 147 Å². The number of carbonyl (C=O) groups is 1. The molecule has 1 atom stereocenters. The van der Waals surface area contributed by atoms with Crippen LogP contribution < -0.4 is 20.7 Å². The Bertz CT molecular complexity index is 728. The van der Waals surface area contributed by atoms with Crippen LogP contribution in [-0.4, -0.2) is 43.5 Å². The van der Waals surface area contributed by atoms with Gasteiger partial charge < -0.3 is 25.8 Å². The number of amides is 2. The molecule has 0 aromatic heterocycles. The number of aliphatic hydroxyl groups is 1. The van der Waals surface area contributed by atoms with Crippen LogP contribution in [0.4, 0.5) is 10.5 Å². The zero-order chi connectivity index (χ0) is 17.7. The Morgan fingerprint density at radius 3 is 2.72 bits per heavy atom. The van der Waals surface area contributed by atoms with Crippen LogP contribution in [0.25, 0.3) is 11.1 Å². The summed E-state index contributed by atoms with van der Waals surface area (Å²) in [5.74, 6) is 0.580. The maximum Gasteiger partial charge on any atom is 0.319 e. The molecular weight excluding hydrogens is 318 g/mol. The lowest BCUT2D eigenvalue weighted by molar-refractivity contribution is 0.0640. The molecule has 3 rings (SSSR count). The summed E-state index contributed by atoms with van der Waals surface area (Å²) in [6.07, 6.45) is 0.625. The van der Waals surface area contributed by atoms with Crippen LogP contribution in [0.2, 0.25) is 0 Å². The molecule has 25 heavy (non-hydrogen) atoms. The Kier molecular flexibility index (Phi) is 5.21. The molecule has 4 N–H and O–H groups in total. The molecule has 6 nitrogen and oxygen atoms in total. The molecule has 1 aliphatic heterocycles. The molecule has 2 amide bonds. The van der Waals surface area contributed by atoms with E-state index < -0.39 is 5.60 Å². The van der Waals surface area contributed by atoms with Crippen molar-refractivity contribution in [1.29, 1.82) is 0 Å². The van der Waals surface area contributed by atoms with Gasteiger partial charge in [-0.25, -0.2) is 4.79 Å². The first-order valence-electron chi connectivity index (χ1n) is 8.31. The summed E-state index contributed by atoms with van der Waals surface area (Å²) >= 11 is 0. The number of anilines is 1. The van der Waals surface area contributed by atoms with Crippen LogP contribution in [0.1, 0.15) is 6.42 Å². The summed E-state index contributed by atoms with van der Waals surface area (Å²) in [6, 6.07) is 15.2. The number of ether oxygens (including phenoxy) is 1. The van der Waals surface area contributed by atoms with E-state index in [1.54, 1.807) is 7.11 Å². The van der Waals surface area contributed by atoms with E-state index >= 15 is 0 Å². The van der Waals surface area contributed by atoms with Crippen molar-refractivity contribution in [1.82, 2.24) is 10.6 Å². The fourth-order valence-electron chi connectivity index (χ4n) is 2.91. The van der Waals surface area contributed by atoms with Crippen molar-refractivity contribution in [3.8, 4) is 16.9 Å². The lowest BCUT2D eigenvalue weighted by Gasteiger charge is -2.22. The first kappa shape index (κ1) is 17.3. The third-order valence-electron chi connectivity index (χ3n) is 4.35. The number of urea groups is 1. The second kappa shape index (κ2) is 7.55. The normalized spacial score (nSPS) is 19.4. The summed E-state index contributed by atoms with van der Waals surface area (Å²) < 4.78 is 5.33. The van der Waals surface area contributed by atoms with Crippen LogP contribution in [0, 0.1) is 0 Å². The van der Waals surface area contributed by atoms with Crippen molar-refractivity contribution < 1.29 is 14.6 Å². The molecule has 0 bridgehead atoms. The van der Waals surface area contributed by atoms with Gasteiger partial charge in [0, 0.05) is 13.1 Å². The van der Waals surface area contributed by atoms with Crippen molar-refractivity contribution in [2.45, 2.75) is 12.0 Å². The van der Waals surface area contributed by atoms with E-state index in [4.69, 9.17) is 4.74 Å². The zero-order valence-corrected chi connectivity index (χ0v) is 14.2. The molecule has 0 saturated carbocycles. The zero-order valence-electron chi connectivity index (χ0n) is 14.2. The Hall–Kier alpha value is -2.57. The van der Waals surface area contributed by atoms with Gasteiger partial charge in [-0.2, -0.15) is 0 Å². The van der Waals surface area contributed by atoms with Gasteiger partial charge in [-0.3, -0.25) is 0 Å². The van der Waals surface area contributed by atoms with Crippen LogP contribution >= 0.6 is 0 Å². The monoisotopic (exact) mass is 341 g/mol. The van der Waals surface area contributed by atoms with Crippen molar-refractivity contribution in [3.63, 3.8) is 0 Å². The SMILES string of the molecule is COc1ccc(-c2ccccc2)cc1NC(=O)NC[C@]1(O)CCNC1. The molecule has 1 saturated heterocycles. The van der Waals surface area contributed by atoms with E-state index in [0.717, 1.165) is 17.7 Å². The van der Waals surface area contributed by atoms with E-state index in [0.29, 0.717) is 24.4 Å². The van der Waals surface area contributed by atoms with Crippen LogP contribution in [0.3, 0.4) is 0 Å². The number of hydrogen-bond acceptors (Lipinski definition) is 4. The van der Waals surface area contributed by atoms with Gasteiger partial charge in [0.05, 0.1) is 18.4 Å². The number of carbonyl (C=O) groups excluding carboxylic acids is 1. The summed E-state index contributed by atoms with van der Waals surface area (Å²) in [7, 11) is 1.56. The predicted octanol–water partition coefficient (Wildman–Crippen LogP) is 2.21. The third kappa shape index (κ3) is 4.29. The molecule has 2 aromatic carbocycles. The molecule has 1 aliphatic rings. The van der Waals surface area contributed by atoms with Crippen molar-refractivity contribution in [2.24, 2.45) is 0 Å². The van der Waals surface area contributed by atoms with Crippen LogP contribution in [0.15, 0.2) is 48.5 Å². The van der Waals surface area contributed by atoms with E-state index in [1.807, 2.05) is 48.5 Å². The highest BCUT2D eigenvalue weighted by Gasteiger charge is 2.31. The average molecular weight is 341 g/mol. The van der Waals surface area contributed by atoms with Crippen molar-refractivity contribution in [2.75, 3.05) is 32.1 Å². The molecule has 0 aliphatic carbocycles. The largest absolute Gasteiger partial charge is 0.495 e. The Morgan fingerprint density at radius 1 is 1.24 bits per heavy atom. The molecule has 0 unspecified atom stereocenters. The molecule has 0 radical (unpaired) electrons. The minimum atomic E-state index is -0.882. The van der Waals surface area contributed by atoms with Gasteiger partial charge in [0.15, 0.2) is 0 Å². The lowest BCUT2D eigenvalue weighted by Crippen LogP contribution is -2.45. The van der Waals surface area contributed by atoms with Crippen LogP contribution in [-0.2, 0) is 0 Å². The minimum absolute atomic E-state index is 0.201. The maximum absolute atomic E-state index is 12.2. The highest BCUT2D eigenvalue weighted by atomic mass is 16.5. The third-order valence-corrected chi connectivity index (χ3v) is 4.35. The van der Waals surface area contributed by atoms with Crippen molar-refractivity contribution in [3.05, 3.63) is 48.5 Å². The smallest absolute Gasteiger partial charge is 0.319 e. The second-order valence-electron chi connectivity index (χ2n) is 6.24. The molecule has 6 heteroatoms. The number of hydrogen-bond donors (Lipinski definition) is 4. The number of nitrogens with one attached hydrogen (secondary N) is 3. The van der Waals surface area contributed by atoms with Gasteiger partial charge >= 0.3 is 6.03 Å². The van der Waals surface area contributed by atoms with Gasteiger partial charge in [-0.05, 0) is 36.2 Å². The highest BCUT2D eigenvalue weighted by Crippen LogP contribution is 2.30. The fraction of sp³-hybridized carbons (Fsp3) is 0.316. The van der Waals surface area contributed by atoms with E-state index in [1.165, 1.54) is 0 Å². The predicted molar refractivity (Wildman–Crippen MR) is 97.9 cm³/mol. The van der Waals surface area contributed by atoms with Gasteiger partial charge in [0.2, 0.25) is 0 Å². The quantitative estimate of drug-likeness (QED) is 0.672. The Balaban J connectivity index is 1.70. The fourth-order valence-corrected chi connectivity index (χ4v) is 2.91. The molecular formula is C19H23N3O3. The minimum Gasteiger partial charge on any atom is -0.495 e. The molecule has 1 fully saturated rings. The van der Waals surface area contributed by atoms with E-state index in [2.05, 4.69) is 16.0 Å². The van der Waals surface area contributed by atoms with E-state index in [9.17, 15) is 9.90 Å². The summed E-state index contributed by atoms with van der Waals surface area (Å²) in [5, 5.41) is 18.9. The Morgan fingerprint density at radius 2 is 2.04 bits per heavy atom. The molecule has 1 heterocycles. The van der Waals surface area contributed by atoms with Gasteiger partial charge in [-0.15, -0.1) is 0 Å². The first-order chi connectivity index (χ1) is 12.1. The van der Waals surface area contributed by atoms with Crippen molar-refractivity contribution >= 4 is 11.7 Å². The summed E-state index contributed by atoms with van der Waals surface area (Å²) in [4.78, 5) is 12.2. The maximum atomic E-state index is 12.2. The lowest BCUT2D eigenvalue weighted by atomic mass is 10.0. The summed E-state index contributed by atoms with van der Waals surface area (Å²) in [6.45, 7) is 1.44. The highest BCUT2D eigenvalue weighted by molar-refractivity contribution is 5.92. The number of benzene rings is 2. The molecule has 0 spiro atoms. The number of β-amino-alcohol motifs (C(OH)–C–C–N with tert-alkyl or cyclic N) is 1. The van der Waals surface area contributed by atoms with Gasteiger partial charge in [-0.1, -0.05) is 36.4 Å². The second-order valence-corrected chi connectivity index (χ2v) is 6.24. The number of methoxy groups -OCH3 is 1. The molecule has 2 aromatic rings. The average Bonchev–Trinajstić information content (AvgIpc) is 3.08. The summed E-state index contributed by atoms with van der Waals surface area (Å²) in [5.41, 5.74) is 1.74. The van der Waals surface area contributed by atoms with Gasteiger partial charge in [0.25, 0.3) is 0 Å². The molecule has 132 valence electrons. The van der Waals surface area contributed by atoms with E-state index in [-0.39, 0.29) is 12.6 Å².